The lowest BCUT2D eigenvalue weighted by molar-refractivity contribution is -0.137. The van der Waals surface area contributed by atoms with E-state index in [-0.39, 0.29) is 0 Å². The molecule has 0 aliphatic heterocycles. The lowest BCUT2D eigenvalue weighted by atomic mass is 10.2. The molecule has 0 bridgehead atoms. The van der Waals surface area contributed by atoms with Crippen LogP contribution in [0.25, 0.3) is 0 Å². The monoisotopic (exact) mass is 358 g/mol. The summed E-state index contributed by atoms with van der Waals surface area (Å²) in [5.41, 5.74) is 2.89. The largest absolute Gasteiger partial charge is 0.493 e. The van der Waals surface area contributed by atoms with Crippen molar-refractivity contribution in [2.45, 2.75) is 6.18 Å². The molecule has 128 valence electrons. The Morgan fingerprint density at radius 1 is 1.04 bits per heavy atom. The molecule has 0 atom stereocenters. The molecule has 0 aliphatic rings. The minimum absolute atomic E-state index is 0.315. The number of benzene rings is 2. The summed E-state index contributed by atoms with van der Waals surface area (Å²) >= 11 is 6.20. The number of nitrogens with one attached hydrogen (secondary N) is 1. The van der Waals surface area contributed by atoms with Crippen molar-refractivity contribution in [3.63, 3.8) is 0 Å². The van der Waals surface area contributed by atoms with Gasteiger partial charge in [-0.25, -0.2) is 0 Å². The van der Waals surface area contributed by atoms with E-state index in [1.807, 2.05) is 0 Å². The van der Waals surface area contributed by atoms with E-state index >= 15 is 0 Å². The molecule has 0 radical (unpaired) electrons. The van der Waals surface area contributed by atoms with Crippen LogP contribution in [0, 0.1) is 0 Å². The molecule has 0 unspecified atom stereocenters. The van der Waals surface area contributed by atoms with Gasteiger partial charge in [0.05, 0.1) is 36.7 Å². The highest BCUT2D eigenvalue weighted by atomic mass is 35.5. The highest BCUT2D eigenvalue weighted by Gasteiger charge is 2.29. The third kappa shape index (κ3) is 4.11. The fourth-order valence-electron chi connectivity index (χ4n) is 1.91. The maximum atomic E-state index is 12.5. The van der Waals surface area contributed by atoms with Gasteiger partial charge in [-0.3, -0.25) is 5.43 Å². The number of hydrogen-bond donors (Lipinski definition) is 1. The first-order chi connectivity index (χ1) is 11.4. The molecule has 0 amide bonds. The molecule has 24 heavy (non-hydrogen) atoms. The van der Waals surface area contributed by atoms with Gasteiger partial charge in [0, 0.05) is 5.56 Å². The molecule has 0 aromatic heterocycles. The number of ether oxygens (including phenoxy) is 2. The number of halogens is 4. The average molecular weight is 359 g/mol. The third-order valence-corrected chi connectivity index (χ3v) is 3.51. The molecule has 1 N–H and O–H groups in total. The predicted molar refractivity (Wildman–Crippen MR) is 87.2 cm³/mol. The van der Waals surface area contributed by atoms with E-state index in [2.05, 4.69) is 10.5 Å². The molecule has 0 saturated heterocycles. The number of alkyl halides is 3. The van der Waals surface area contributed by atoms with Crippen LogP contribution in [0.2, 0.25) is 5.02 Å². The lowest BCUT2D eigenvalue weighted by Gasteiger charge is -2.10. The molecule has 0 heterocycles. The van der Waals surface area contributed by atoms with Crippen molar-refractivity contribution in [1.29, 1.82) is 0 Å². The molecule has 2 aromatic rings. The zero-order valence-electron chi connectivity index (χ0n) is 12.8. The second-order valence-corrected chi connectivity index (χ2v) is 5.03. The summed E-state index contributed by atoms with van der Waals surface area (Å²) in [6.45, 7) is 0. The van der Waals surface area contributed by atoms with E-state index in [1.54, 1.807) is 12.1 Å². The Bertz CT molecular complexity index is 731. The van der Waals surface area contributed by atoms with Crippen LogP contribution >= 0.6 is 11.6 Å². The molecule has 8 heteroatoms. The summed E-state index contributed by atoms with van der Waals surface area (Å²) in [4.78, 5) is 0. The average Bonchev–Trinajstić information content (AvgIpc) is 2.55. The van der Waals surface area contributed by atoms with Crippen molar-refractivity contribution in [3.05, 3.63) is 52.5 Å². The van der Waals surface area contributed by atoms with E-state index in [0.717, 1.165) is 12.1 Å². The zero-order valence-corrected chi connectivity index (χ0v) is 13.6. The second-order valence-electron chi connectivity index (χ2n) is 4.65. The highest BCUT2D eigenvalue weighted by Crippen LogP contribution is 2.36. The Morgan fingerprint density at radius 2 is 1.71 bits per heavy atom. The number of hydrogen-bond acceptors (Lipinski definition) is 4. The van der Waals surface area contributed by atoms with Gasteiger partial charge in [0.1, 0.15) is 0 Å². The van der Waals surface area contributed by atoms with Crippen LogP contribution in [0.15, 0.2) is 41.5 Å². The Morgan fingerprint density at radius 3 is 2.25 bits per heavy atom. The van der Waals surface area contributed by atoms with Gasteiger partial charge >= 0.3 is 6.18 Å². The molecular formula is C16H14ClF3N2O2. The minimum Gasteiger partial charge on any atom is -0.493 e. The first-order valence-corrected chi connectivity index (χ1v) is 7.11. The van der Waals surface area contributed by atoms with Crippen LogP contribution in [0.3, 0.4) is 0 Å². The smallest absolute Gasteiger partial charge is 0.416 e. The number of nitrogens with zero attached hydrogens (tertiary/aromatic N) is 1. The van der Waals surface area contributed by atoms with E-state index in [4.69, 9.17) is 21.1 Å². The van der Waals surface area contributed by atoms with Crippen molar-refractivity contribution in [3.8, 4) is 11.5 Å². The van der Waals surface area contributed by atoms with Crippen LogP contribution in [0.5, 0.6) is 11.5 Å². The Balaban J connectivity index is 2.12. The Hall–Kier alpha value is -2.41. The van der Waals surface area contributed by atoms with Crippen LogP contribution in [0.4, 0.5) is 18.9 Å². The van der Waals surface area contributed by atoms with E-state index in [0.29, 0.717) is 27.8 Å². The summed E-state index contributed by atoms with van der Waals surface area (Å²) in [6.07, 6.45) is -2.93. The van der Waals surface area contributed by atoms with Crippen LogP contribution in [0.1, 0.15) is 11.1 Å². The quantitative estimate of drug-likeness (QED) is 0.615. The second kappa shape index (κ2) is 7.44. The van der Waals surface area contributed by atoms with E-state index < -0.39 is 11.7 Å². The number of anilines is 1. The maximum absolute atomic E-state index is 12.5. The topological polar surface area (TPSA) is 42.8 Å². The molecule has 0 saturated carbocycles. The molecule has 2 aromatic carbocycles. The Labute approximate surface area is 141 Å². The third-order valence-electron chi connectivity index (χ3n) is 3.12. The van der Waals surface area contributed by atoms with Crippen molar-refractivity contribution in [2.75, 3.05) is 19.6 Å². The first kappa shape index (κ1) is 17.9. The number of methoxy groups -OCH3 is 2. The molecular weight excluding hydrogens is 345 g/mol. The van der Waals surface area contributed by atoms with Crippen LogP contribution < -0.4 is 14.9 Å². The van der Waals surface area contributed by atoms with Gasteiger partial charge in [-0.1, -0.05) is 11.6 Å². The van der Waals surface area contributed by atoms with Crippen LogP contribution in [-0.4, -0.2) is 20.4 Å². The highest BCUT2D eigenvalue weighted by molar-refractivity contribution is 6.34. The SMILES string of the molecule is COc1ccc(C=NNc2ccc(C(F)(F)F)cc2)c(Cl)c1OC. The van der Waals surface area contributed by atoms with Crippen molar-refractivity contribution < 1.29 is 22.6 Å². The predicted octanol–water partition coefficient (Wildman–Crippen LogP) is 4.82. The number of hydrazone groups is 1. The molecule has 4 nitrogen and oxygen atoms in total. The fourth-order valence-corrected chi connectivity index (χ4v) is 2.20. The van der Waals surface area contributed by atoms with Gasteiger partial charge in [0.2, 0.25) is 0 Å². The summed E-state index contributed by atoms with van der Waals surface area (Å²) in [7, 11) is 2.96. The zero-order chi connectivity index (χ0) is 17.7. The molecule has 2 rings (SSSR count). The summed E-state index contributed by atoms with van der Waals surface area (Å²) < 4.78 is 47.7. The van der Waals surface area contributed by atoms with Crippen molar-refractivity contribution in [1.82, 2.24) is 0 Å². The van der Waals surface area contributed by atoms with Gasteiger partial charge in [-0.2, -0.15) is 18.3 Å². The summed E-state index contributed by atoms with van der Waals surface area (Å²) in [5, 5.41) is 4.27. The van der Waals surface area contributed by atoms with Crippen LogP contribution in [-0.2, 0) is 6.18 Å². The molecule has 0 spiro atoms. The minimum atomic E-state index is -4.37. The van der Waals surface area contributed by atoms with Gasteiger partial charge in [0.15, 0.2) is 11.5 Å². The molecule has 0 fully saturated rings. The fraction of sp³-hybridized carbons (Fsp3) is 0.188. The summed E-state index contributed by atoms with van der Waals surface area (Å²) in [6, 6.07) is 7.88. The lowest BCUT2D eigenvalue weighted by Crippen LogP contribution is -2.04. The van der Waals surface area contributed by atoms with Gasteiger partial charge < -0.3 is 9.47 Å². The Kier molecular flexibility index (Phi) is 5.56. The van der Waals surface area contributed by atoms with Crippen molar-refractivity contribution in [2.24, 2.45) is 5.10 Å². The number of rotatable bonds is 5. The van der Waals surface area contributed by atoms with E-state index in [9.17, 15) is 13.2 Å². The first-order valence-electron chi connectivity index (χ1n) is 6.73. The standard InChI is InChI=1S/C16H14ClF3N2O2/c1-23-13-8-3-10(14(17)15(13)24-2)9-21-22-12-6-4-11(5-7-12)16(18,19)20/h3-9,22H,1-2H3. The van der Waals surface area contributed by atoms with E-state index in [1.165, 1.54) is 32.6 Å². The maximum Gasteiger partial charge on any atom is 0.416 e. The van der Waals surface area contributed by atoms with Gasteiger partial charge in [0.25, 0.3) is 0 Å². The normalized spacial score (nSPS) is 11.6. The van der Waals surface area contributed by atoms with Gasteiger partial charge in [-0.05, 0) is 36.4 Å². The molecule has 0 aliphatic carbocycles. The van der Waals surface area contributed by atoms with Gasteiger partial charge in [-0.15, -0.1) is 0 Å². The summed E-state index contributed by atoms with van der Waals surface area (Å²) in [5.74, 6) is 0.855. The van der Waals surface area contributed by atoms with Crippen molar-refractivity contribution >= 4 is 23.5 Å².